The highest BCUT2D eigenvalue weighted by Gasteiger charge is 2.27. The molecule has 0 bridgehead atoms. The maximum atomic E-state index is 10.3. The fourth-order valence-corrected chi connectivity index (χ4v) is 1.76. The highest BCUT2D eigenvalue weighted by Crippen LogP contribution is 2.30. The van der Waals surface area contributed by atoms with Gasteiger partial charge in [-0.05, 0) is 24.8 Å². The van der Waals surface area contributed by atoms with Gasteiger partial charge in [0.2, 0.25) is 5.88 Å². The molecule has 5 heteroatoms. The van der Waals surface area contributed by atoms with Crippen LogP contribution in [0, 0.1) is 5.92 Å². The van der Waals surface area contributed by atoms with E-state index in [0.717, 1.165) is 18.8 Å². The predicted molar refractivity (Wildman–Crippen MR) is 60.2 cm³/mol. The second-order valence-electron chi connectivity index (χ2n) is 4.33. The molecule has 1 heterocycles. The number of nitrogens with zero attached hydrogens (tertiary/aromatic N) is 1. The number of rotatable bonds is 5. The number of carboxylic acid groups (broad SMARTS) is 1. The number of hydrogen-bond donors (Lipinski definition) is 1. The molecule has 0 amide bonds. The third-order valence-corrected chi connectivity index (χ3v) is 2.69. The first kappa shape index (κ1) is 11.7. The number of aliphatic carboxylic acids is 1. The molecule has 92 valence electrons. The van der Waals surface area contributed by atoms with Crippen LogP contribution in [0.1, 0.15) is 19.8 Å². The van der Waals surface area contributed by atoms with Crippen LogP contribution in [0.2, 0.25) is 0 Å². The highest BCUT2D eigenvalue weighted by atomic mass is 16.5. The van der Waals surface area contributed by atoms with Crippen LogP contribution in [0.3, 0.4) is 0 Å². The SMILES string of the molecule is C[C@H]1C[C@@H](Oc2ccc(OCC(=O)O)cn2)C1. The summed E-state index contributed by atoms with van der Waals surface area (Å²) < 4.78 is 10.6. The lowest BCUT2D eigenvalue weighted by Crippen LogP contribution is -2.32. The molecule has 1 fully saturated rings. The van der Waals surface area contributed by atoms with Gasteiger partial charge in [-0.2, -0.15) is 0 Å². The van der Waals surface area contributed by atoms with Crippen LogP contribution in [-0.2, 0) is 4.79 Å². The van der Waals surface area contributed by atoms with Gasteiger partial charge in [0.15, 0.2) is 6.61 Å². The topological polar surface area (TPSA) is 68.7 Å². The number of aromatic nitrogens is 1. The fraction of sp³-hybridized carbons (Fsp3) is 0.500. The lowest BCUT2D eigenvalue weighted by Gasteiger charge is -2.32. The molecular weight excluding hydrogens is 222 g/mol. The molecule has 1 aliphatic carbocycles. The van der Waals surface area contributed by atoms with Crippen LogP contribution in [0.5, 0.6) is 11.6 Å². The molecule has 0 saturated heterocycles. The molecule has 17 heavy (non-hydrogen) atoms. The molecule has 0 spiro atoms. The van der Waals surface area contributed by atoms with Crippen molar-refractivity contribution in [3.05, 3.63) is 18.3 Å². The fourth-order valence-electron chi connectivity index (χ4n) is 1.76. The maximum Gasteiger partial charge on any atom is 0.341 e. The van der Waals surface area contributed by atoms with E-state index >= 15 is 0 Å². The van der Waals surface area contributed by atoms with E-state index in [-0.39, 0.29) is 12.7 Å². The monoisotopic (exact) mass is 237 g/mol. The molecule has 2 rings (SSSR count). The number of pyridine rings is 1. The molecule has 0 atom stereocenters. The summed E-state index contributed by atoms with van der Waals surface area (Å²) in [7, 11) is 0. The van der Waals surface area contributed by atoms with Crippen LogP contribution in [0.15, 0.2) is 18.3 Å². The van der Waals surface area contributed by atoms with Crippen molar-refractivity contribution >= 4 is 5.97 Å². The van der Waals surface area contributed by atoms with E-state index in [9.17, 15) is 4.79 Å². The molecule has 0 aromatic carbocycles. The molecular formula is C12H15NO4. The number of carboxylic acids is 1. The van der Waals surface area contributed by atoms with E-state index < -0.39 is 5.97 Å². The van der Waals surface area contributed by atoms with Crippen molar-refractivity contribution in [1.82, 2.24) is 4.98 Å². The smallest absolute Gasteiger partial charge is 0.341 e. The molecule has 5 nitrogen and oxygen atoms in total. The maximum absolute atomic E-state index is 10.3. The summed E-state index contributed by atoms with van der Waals surface area (Å²) in [6.07, 6.45) is 3.88. The van der Waals surface area contributed by atoms with Crippen LogP contribution in [0.25, 0.3) is 0 Å². The average molecular weight is 237 g/mol. The van der Waals surface area contributed by atoms with E-state index in [1.807, 2.05) is 0 Å². The molecule has 1 saturated carbocycles. The molecule has 1 aliphatic rings. The summed E-state index contributed by atoms with van der Waals surface area (Å²) >= 11 is 0. The van der Waals surface area contributed by atoms with Crippen molar-refractivity contribution in [2.45, 2.75) is 25.9 Å². The summed E-state index contributed by atoms with van der Waals surface area (Å²) in [5.74, 6) is 0.721. The van der Waals surface area contributed by atoms with E-state index in [2.05, 4.69) is 11.9 Å². The minimum absolute atomic E-state index is 0.267. The zero-order valence-corrected chi connectivity index (χ0v) is 9.63. The van der Waals surface area contributed by atoms with Crippen LogP contribution in [0.4, 0.5) is 0 Å². The molecule has 1 aromatic rings. The third-order valence-electron chi connectivity index (χ3n) is 2.69. The Morgan fingerprint density at radius 2 is 2.29 bits per heavy atom. The zero-order valence-electron chi connectivity index (χ0n) is 9.63. The van der Waals surface area contributed by atoms with Crippen molar-refractivity contribution in [2.24, 2.45) is 5.92 Å². The summed E-state index contributed by atoms with van der Waals surface area (Å²) in [4.78, 5) is 14.4. The van der Waals surface area contributed by atoms with Crippen molar-refractivity contribution in [3.8, 4) is 11.6 Å². The van der Waals surface area contributed by atoms with Gasteiger partial charge in [0.05, 0.1) is 6.20 Å². The third kappa shape index (κ3) is 3.34. The van der Waals surface area contributed by atoms with E-state index in [1.165, 1.54) is 6.20 Å². The Balaban J connectivity index is 1.82. The highest BCUT2D eigenvalue weighted by molar-refractivity contribution is 5.68. The summed E-state index contributed by atoms with van der Waals surface area (Å²) in [5, 5.41) is 8.44. The second kappa shape index (κ2) is 5.03. The summed E-state index contributed by atoms with van der Waals surface area (Å²) in [6.45, 7) is 1.83. The van der Waals surface area contributed by atoms with Gasteiger partial charge < -0.3 is 14.6 Å². The minimum Gasteiger partial charge on any atom is -0.480 e. The number of hydrogen-bond acceptors (Lipinski definition) is 4. The van der Waals surface area contributed by atoms with Crippen molar-refractivity contribution in [1.29, 1.82) is 0 Å². The van der Waals surface area contributed by atoms with Gasteiger partial charge in [-0.25, -0.2) is 9.78 Å². The zero-order chi connectivity index (χ0) is 12.3. The predicted octanol–water partition coefficient (Wildman–Crippen LogP) is 1.72. The van der Waals surface area contributed by atoms with E-state index in [4.69, 9.17) is 14.6 Å². The van der Waals surface area contributed by atoms with Crippen molar-refractivity contribution < 1.29 is 19.4 Å². The Morgan fingerprint density at radius 3 is 2.82 bits per heavy atom. The van der Waals surface area contributed by atoms with Crippen LogP contribution in [-0.4, -0.2) is 28.8 Å². The Bertz CT molecular complexity index is 384. The molecule has 0 radical (unpaired) electrons. The van der Waals surface area contributed by atoms with E-state index in [1.54, 1.807) is 12.1 Å². The largest absolute Gasteiger partial charge is 0.480 e. The van der Waals surface area contributed by atoms with Gasteiger partial charge >= 0.3 is 5.97 Å². The summed E-state index contributed by atoms with van der Waals surface area (Å²) in [5.41, 5.74) is 0. The normalized spacial score (nSPS) is 22.6. The molecule has 1 aromatic heterocycles. The van der Waals surface area contributed by atoms with Gasteiger partial charge in [0.25, 0.3) is 0 Å². The first-order chi connectivity index (χ1) is 8.13. The van der Waals surface area contributed by atoms with Gasteiger partial charge in [-0.3, -0.25) is 0 Å². The molecule has 0 unspecified atom stereocenters. The average Bonchev–Trinajstić information content (AvgIpc) is 2.26. The second-order valence-corrected chi connectivity index (χ2v) is 4.33. The van der Waals surface area contributed by atoms with Gasteiger partial charge in [-0.15, -0.1) is 0 Å². The number of ether oxygens (including phenoxy) is 2. The van der Waals surface area contributed by atoms with Crippen molar-refractivity contribution in [3.63, 3.8) is 0 Å². The van der Waals surface area contributed by atoms with Crippen LogP contribution >= 0.6 is 0 Å². The van der Waals surface area contributed by atoms with Gasteiger partial charge in [0, 0.05) is 6.07 Å². The molecule has 0 aliphatic heterocycles. The van der Waals surface area contributed by atoms with E-state index in [0.29, 0.717) is 11.6 Å². The quantitative estimate of drug-likeness (QED) is 0.844. The standard InChI is InChI=1S/C12H15NO4/c1-8-4-10(5-8)17-11-3-2-9(6-13-11)16-7-12(14)15/h2-3,6,8,10H,4-5,7H2,1H3,(H,14,15)/t8-,10+. The number of carbonyl (C=O) groups is 1. The first-order valence-electron chi connectivity index (χ1n) is 5.61. The molecule has 1 N–H and O–H groups in total. The first-order valence-corrected chi connectivity index (χ1v) is 5.61. The van der Waals surface area contributed by atoms with Crippen molar-refractivity contribution in [2.75, 3.05) is 6.61 Å². The minimum atomic E-state index is -1.01. The van der Waals surface area contributed by atoms with Gasteiger partial charge in [-0.1, -0.05) is 6.92 Å². The van der Waals surface area contributed by atoms with Crippen LogP contribution < -0.4 is 9.47 Å². The Kier molecular flexibility index (Phi) is 3.46. The Labute approximate surface area is 99.4 Å². The Hall–Kier alpha value is -1.78. The lowest BCUT2D eigenvalue weighted by molar-refractivity contribution is -0.139. The Morgan fingerprint density at radius 1 is 1.53 bits per heavy atom. The van der Waals surface area contributed by atoms with Gasteiger partial charge in [0.1, 0.15) is 11.9 Å². The lowest BCUT2D eigenvalue weighted by atomic mass is 9.84. The summed E-state index contributed by atoms with van der Waals surface area (Å²) in [6, 6.07) is 3.35.